The smallest absolute Gasteiger partial charge is 0.254 e. The molecule has 8 heteroatoms. The SMILES string of the molecule is COCCCOc1cc(C(=O)N(C[C@@H]2CNC[C@H]2CN(C(=O)CCC(C)C)C2CC2)C(C)C)ccc1OC. The highest BCUT2D eigenvalue weighted by molar-refractivity contribution is 5.95. The van der Waals surface area contributed by atoms with E-state index in [0.717, 1.165) is 45.3 Å². The largest absolute Gasteiger partial charge is 0.493 e. The van der Waals surface area contributed by atoms with Gasteiger partial charge in [0.25, 0.3) is 5.91 Å². The van der Waals surface area contributed by atoms with Crippen molar-refractivity contribution in [2.45, 2.75) is 71.9 Å². The van der Waals surface area contributed by atoms with E-state index in [9.17, 15) is 9.59 Å². The van der Waals surface area contributed by atoms with Crippen LogP contribution in [-0.4, -0.2) is 87.3 Å². The Morgan fingerprint density at radius 1 is 1.00 bits per heavy atom. The lowest BCUT2D eigenvalue weighted by Gasteiger charge is -2.34. The summed E-state index contributed by atoms with van der Waals surface area (Å²) in [4.78, 5) is 30.9. The average molecular weight is 532 g/mol. The number of amides is 2. The van der Waals surface area contributed by atoms with Gasteiger partial charge in [-0.1, -0.05) is 13.8 Å². The molecular weight excluding hydrogens is 482 g/mol. The zero-order valence-corrected chi connectivity index (χ0v) is 24.3. The summed E-state index contributed by atoms with van der Waals surface area (Å²) in [5.74, 6) is 2.62. The lowest BCUT2D eigenvalue weighted by Crippen LogP contribution is -2.45. The minimum absolute atomic E-state index is 0.0119. The molecule has 2 aliphatic rings. The summed E-state index contributed by atoms with van der Waals surface area (Å²) >= 11 is 0. The van der Waals surface area contributed by atoms with Crippen molar-refractivity contribution in [3.63, 3.8) is 0 Å². The molecule has 1 saturated carbocycles. The lowest BCUT2D eigenvalue weighted by molar-refractivity contribution is -0.132. The summed E-state index contributed by atoms with van der Waals surface area (Å²) in [5, 5.41) is 3.53. The number of rotatable bonds is 16. The zero-order valence-electron chi connectivity index (χ0n) is 24.3. The minimum Gasteiger partial charge on any atom is -0.493 e. The number of carbonyl (C=O) groups is 2. The molecule has 214 valence electrons. The van der Waals surface area contributed by atoms with Gasteiger partial charge in [0, 0.05) is 70.4 Å². The monoisotopic (exact) mass is 531 g/mol. The maximum absolute atomic E-state index is 13.7. The lowest BCUT2D eigenvalue weighted by atomic mass is 9.93. The summed E-state index contributed by atoms with van der Waals surface area (Å²) in [6, 6.07) is 5.85. The molecule has 1 saturated heterocycles. The van der Waals surface area contributed by atoms with E-state index in [2.05, 4.69) is 37.9 Å². The van der Waals surface area contributed by atoms with Crippen LogP contribution in [0, 0.1) is 17.8 Å². The highest BCUT2D eigenvalue weighted by atomic mass is 16.5. The predicted octanol–water partition coefficient (Wildman–Crippen LogP) is 4.22. The maximum Gasteiger partial charge on any atom is 0.254 e. The van der Waals surface area contributed by atoms with Crippen LogP contribution in [0.1, 0.15) is 70.2 Å². The third-order valence-electron chi connectivity index (χ3n) is 7.63. The van der Waals surface area contributed by atoms with E-state index in [4.69, 9.17) is 14.2 Å². The quantitative estimate of drug-likeness (QED) is 0.322. The Morgan fingerprint density at radius 2 is 1.71 bits per heavy atom. The third kappa shape index (κ3) is 8.60. The number of nitrogens with zero attached hydrogens (tertiary/aromatic N) is 2. The van der Waals surface area contributed by atoms with Crippen LogP contribution in [0.4, 0.5) is 0 Å². The van der Waals surface area contributed by atoms with Crippen molar-refractivity contribution in [1.82, 2.24) is 15.1 Å². The Hall–Kier alpha value is -2.32. The van der Waals surface area contributed by atoms with Gasteiger partial charge >= 0.3 is 0 Å². The van der Waals surface area contributed by atoms with Crippen LogP contribution in [0.15, 0.2) is 18.2 Å². The van der Waals surface area contributed by atoms with Gasteiger partial charge in [0.15, 0.2) is 11.5 Å². The fourth-order valence-corrected chi connectivity index (χ4v) is 5.12. The second-order valence-electron chi connectivity index (χ2n) is 11.5. The summed E-state index contributed by atoms with van der Waals surface area (Å²) in [5.41, 5.74) is 0.590. The number of ether oxygens (including phenoxy) is 3. The first kappa shape index (κ1) is 30.2. The van der Waals surface area contributed by atoms with Gasteiger partial charge in [-0.2, -0.15) is 0 Å². The molecule has 1 N–H and O–H groups in total. The fourth-order valence-electron chi connectivity index (χ4n) is 5.12. The first-order valence-electron chi connectivity index (χ1n) is 14.4. The van der Waals surface area contributed by atoms with Gasteiger partial charge in [0.1, 0.15) is 0 Å². The van der Waals surface area contributed by atoms with Crippen molar-refractivity contribution < 1.29 is 23.8 Å². The van der Waals surface area contributed by atoms with E-state index in [1.165, 1.54) is 0 Å². The molecule has 1 aromatic rings. The van der Waals surface area contributed by atoms with E-state index in [-0.39, 0.29) is 11.9 Å². The number of methoxy groups -OCH3 is 2. The zero-order chi connectivity index (χ0) is 27.7. The van der Waals surface area contributed by atoms with Crippen molar-refractivity contribution in [1.29, 1.82) is 0 Å². The van der Waals surface area contributed by atoms with E-state index in [0.29, 0.717) is 72.9 Å². The molecule has 1 aliphatic heterocycles. The number of hydrogen-bond acceptors (Lipinski definition) is 6. The third-order valence-corrected chi connectivity index (χ3v) is 7.63. The highest BCUT2D eigenvalue weighted by Crippen LogP contribution is 2.32. The number of hydrogen-bond donors (Lipinski definition) is 1. The van der Waals surface area contributed by atoms with Gasteiger partial charge in [0.2, 0.25) is 5.91 Å². The molecule has 0 bridgehead atoms. The minimum atomic E-state index is -0.0119. The van der Waals surface area contributed by atoms with Crippen molar-refractivity contribution >= 4 is 11.8 Å². The Morgan fingerprint density at radius 3 is 2.32 bits per heavy atom. The molecule has 3 rings (SSSR count). The van der Waals surface area contributed by atoms with Crippen LogP contribution in [-0.2, 0) is 9.53 Å². The molecule has 1 aromatic carbocycles. The summed E-state index contributed by atoms with van der Waals surface area (Å²) in [6.07, 6.45) is 4.54. The molecule has 2 amide bonds. The van der Waals surface area contributed by atoms with Crippen LogP contribution >= 0.6 is 0 Å². The molecule has 0 unspecified atom stereocenters. The topological polar surface area (TPSA) is 80.3 Å². The molecule has 0 aromatic heterocycles. The van der Waals surface area contributed by atoms with Gasteiger partial charge in [-0.05, 0) is 69.1 Å². The number of carbonyl (C=O) groups excluding carboxylic acids is 2. The Labute approximate surface area is 229 Å². The van der Waals surface area contributed by atoms with E-state index in [1.54, 1.807) is 26.4 Å². The molecular formula is C30H49N3O5. The summed E-state index contributed by atoms with van der Waals surface area (Å²) < 4.78 is 16.5. The Balaban J connectivity index is 1.68. The molecule has 1 heterocycles. The van der Waals surface area contributed by atoms with Crippen LogP contribution in [0.3, 0.4) is 0 Å². The molecule has 2 fully saturated rings. The first-order valence-corrected chi connectivity index (χ1v) is 14.4. The van der Waals surface area contributed by atoms with Gasteiger partial charge in [0.05, 0.1) is 13.7 Å². The molecule has 1 aliphatic carbocycles. The predicted molar refractivity (Wildman–Crippen MR) is 150 cm³/mol. The van der Waals surface area contributed by atoms with Gasteiger partial charge in [-0.25, -0.2) is 0 Å². The number of nitrogens with one attached hydrogen (secondary N) is 1. The molecule has 2 atom stereocenters. The Kier molecular flexibility index (Phi) is 11.7. The first-order chi connectivity index (χ1) is 18.2. The van der Waals surface area contributed by atoms with Crippen molar-refractivity contribution in [2.24, 2.45) is 17.8 Å². The summed E-state index contributed by atoms with van der Waals surface area (Å²) in [6.45, 7) is 12.7. The maximum atomic E-state index is 13.7. The van der Waals surface area contributed by atoms with Gasteiger partial charge < -0.3 is 29.3 Å². The average Bonchev–Trinajstić information content (AvgIpc) is 3.64. The van der Waals surface area contributed by atoms with Crippen molar-refractivity contribution in [3.8, 4) is 11.5 Å². The second kappa shape index (κ2) is 14.7. The number of benzene rings is 1. The van der Waals surface area contributed by atoms with E-state index < -0.39 is 0 Å². The van der Waals surface area contributed by atoms with Gasteiger partial charge in [-0.3, -0.25) is 9.59 Å². The van der Waals surface area contributed by atoms with Crippen molar-refractivity contribution in [2.75, 3.05) is 53.6 Å². The van der Waals surface area contributed by atoms with Gasteiger partial charge in [-0.15, -0.1) is 0 Å². The van der Waals surface area contributed by atoms with E-state index in [1.807, 2.05) is 11.0 Å². The van der Waals surface area contributed by atoms with Crippen LogP contribution in [0.5, 0.6) is 11.5 Å². The van der Waals surface area contributed by atoms with Crippen LogP contribution in [0.25, 0.3) is 0 Å². The fraction of sp³-hybridized carbons (Fsp3) is 0.733. The molecule has 0 radical (unpaired) electrons. The van der Waals surface area contributed by atoms with Crippen LogP contribution in [0.2, 0.25) is 0 Å². The normalized spacial score (nSPS) is 19.2. The Bertz CT molecular complexity index is 902. The molecule has 0 spiro atoms. The second-order valence-corrected chi connectivity index (χ2v) is 11.5. The van der Waals surface area contributed by atoms with E-state index >= 15 is 0 Å². The molecule has 38 heavy (non-hydrogen) atoms. The van der Waals surface area contributed by atoms with Crippen LogP contribution < -0.4 is 14.8 Å². The highest BCUT2D eigenvalue weighted by Gasteiger charge is 2.38. The standard InChI is InChI=1S/C30H49N3O5/c1-21(2)8-13-29(34)33(26-10-11-26)20-25-18-31-17-24(25)19-32(22(3)4)30(35)23-9-12-27(37-6)28(16-23)38-15-7-14-36-5/h9,12,16,21-22,24-26,31H,7-8,10-11,13-15,17-20H2,1-6H3/t24-,25-/m0/s1. The summed E-state index contributed by atoms with van der Waals surface area (Å²) in [7, 11) is 3.27. The van der Waals surface area contributed by atoms with Crippen molar-refractivity contribution in [3.05, 3.63) is 23.8 Å². The molecule has 8 nitrogen and oxygen atoms in total.